The SMILES string of the molecule is N#Cc1ccc2c(O)cc(=O)oc2c1. The number of rotatable bonds is 0. The van der Waals surface area contributed by atoms with Crippen molar-refractivity contribution in [3.8, 4) is 11.8 Å². The molecule has 68 valence electrons. The lowest BCUT2D eigenvalue weighted by Crippen LogP contribution is -1.95. The molecule has 0 amide bonds. The second kappa shape index (κ2) is 2.89. The highest BCUT2D eigenvalue weighted by Gasteiger charge is 2.04. The molecule has 1 aromatic carbocycles. The van der Waals surface area contributed by atoms with Gasteiger partial charge in [0.15, 0.2) is 0 Å². The zero-order valence-electron chi connectivity index (χ0n) is 7.02. The van der Waals surface area contributed by atoms with Gasteiger partial charge in [-0.3, -0.25) is 0 Å². The fourth-order valence-electron chi connectivity index (χ4n) is 1.22. The minimum Gasteiger partial charge on any atom is -0.507 e. The van der Waals surface area contributed by atoms with E-state index in [9.17, 15) is 9.90 Å². The van der Waals surface area contributed by atoms with Gasteiger partial charge in [-0.05, 0) is 18.2 Å². The summed E-state index contributed by atoms with van der Waals surface area (Å²) in [6.45, 7) is 0. The van der Waals surface area contributed by atoms with Crippen LogP contribution in [0.5, 0.6) is 5.75 Å². The van der Waals surface area contributed by atoms with Gasteiger partial charge >= 0.3 is 5.63 Å². The summed E-state index contributed by atoms with van der Waals surface area (Å²) in [5.74, 6) is -0.138. The smallest absolute Gasteiger partial charge is 0.339 e. The van der Waals surface area contributed by atoms with Crippen molar-refractivity contribution in [3.63, 3.8) is 0 Å². The van der Waals surface area contributed by atoms with Crippen molar-refractivity contribution in [2.75, 3.05) is 0 Å². The van der Waals surface area contributed by atoms with Gasteiger partial charge in [0, 0.05) is 0 Å². The summed E-state index contributed by atoms with van der Waals surface area (Å²) in [5.41, 5.74) is -0.0367. The Labute approximate surface area is 78.6 Å². The highest BCUT2D eigenvalue weighted by atomic mass is 16.4. The van der Waals surface area contributed by atoms with Crippen LogP contribution in [0.3, 0.4) is 0 Å². The first-order valence-electron chi connectivity index (χ1n) is 3.87. The van der Waals surface area contributed by atoms with Crippen molar-refractivity contribution >= 4 is 11.0 Å². The van der Waals surface area contributed by atoms with Crippen molar-refractivity contribution in [1.82, 2.24) is 0 Å². The summed E-state index contributed by atoms with van der Waals surface area (Å²) in [4.78, 5) is 10.9. The second-order valence-electron chi connectivity index (χ2n) is 2.77. The van der Waals surface area contributed by atoms with E-state index in [0.717, 1.165) is 6.07 Å². The molecule has 0 radical (unpaired) electrons. The van der Waals surface area contributed by atoms with Gasteiger partial charge in [0.05, 0.1) is 23.1 Å². The molecule has 4 heteroatoms. The van der Waals surface area contributed by atoms with E-state index in [1.54, 1.807) is 6.07 Å². The van der Waals surface area contributed by atoms with Gasteiger partial charge in [0.25, 0.3) is 0 Å². The third kappa shape index (κ3) is 1.21. The lowest BCUT2D eigenvalue weighted by Gasteiger charge is -1.98. The molecule has 0 bridgehead atoms. The minimum absolute atomic E-state index is 0.138. The summed E-state index contributed by atoms with van der Waals surface area (Å²) in [7, 11) is 0. The fraction of sp³-hybridized carbons (Fsp3) is 0. The molecular formula is C10H5NO3. The Kier molecular flexibility index (Phi) is 1.72. The van der Waals surface area contributed by atoms with Gasteiger partial charge in [-0.15, -0.1) is 0 Å². The predicted octanol–water partition coefficient (Wildman–Crippen LogP) is 1.37. The van der Waals surface area contributed by atoms with Crippen molar-refractivity contribution in [1.29, 1.82) is 5.26 Å². The summed E-state index contributed by atoms with van der Waals surface area (Å²) < 4.78 is 4.82. The van der Waals surface area contributed by atoms with E-state index in [2.05, 4.69) is 0 Å². The van der Waals surface area contributed by atoms with Crippen LogP contribution < -0.4 is 5.63 Å². The van der Waals surface area contributed by atoms with E-state index < -0.39 is 5.63 Å². The van der Waals surface area contributed by atoms with Crippen molar-refractivity contribution < 1.29 is 9.52 Å². The molecule has 2 aromatic rings. The van der Waals surface area contributed by atoms with Gasteiger partial charge in [-0.2, -0.15) is 5.26 Å². The maximum atomic E-state index is 10.9. The zero-order valence-corrected chi connectivity index (χ0v) is 7.02. The van der Waals surface area contributed by atoms with Crippen LogP contribution in [-0.2, 0) is 0 Å². The van der Waals surface area contributed by atoms with Crippen LogP contribution in [0.4, 0.5) is 0 Å². The number of fused-ring (bicyclic) bond motifs is 1. The van der Waals surface area contributed by atoms with Crippen LogP contribution in [0, 0.1) is 11.3 Å². The average molecular weight is 187 g/mol. The number of benzene rings is 1. The van der Waals surface area contributed by atoms with E-state index in [1.807, 2.05) is 6.07 Å². The van der Waals surface area contributed by atoms with Crippen molar-refractivity contribution in [3.05, 3.63) is 40.2 Å². The van der Waals surface area contributed by atoms with Crippen LogP contribution in [0.25, 0.3) is 11.0 Å². The molecule has 1 aromatic heterocycles. The quantitative estimate of drug-likeness (QED) is 0.632. The Morgan fingerprint density at radius 2 is 2.14 bits per heavy atom. The standard InChI is InChI=1S/C10H5NO3/c11-5-6-1-2-7-8(12)4-10(13)14-9(7)3-6/h1-4,12H. The third-order valence-corrected chi connectivity index (χ3v) is 1.85. The molecule has 0 atom stereocenters. The number of nitrogens with zero attached hydrogens (tertiary/aromatic N) is 1. The molecule has 0 unspecified atom stereocenters. The molecule has 0 fully saturated rings. The van der Waals surface area contributed by atoms with Gasteiger partial charge in [-0.1, -0.05) is 0 Å². The minimum atomic E-state index is -0.634. The van der Waals surface area contributed by atoms with Crippen LogP contribution in [0.1, 0.15) is 5.56 Å². The van der Waals surface area contributed by atoms with Gasteiger partial charge in [0.1, 0.15) is 11.3 Å². The van der Waals surface area contributed by atoms with Gasteiger partial charge in [-0.25, -0.2) is 4.79 Å². The summed E-state index contributed by atoms with van der Waals surface area (Å²) in [6, 6.07) is 7.40. The normalized spacial score (nSPS) is 9.93. The Morgan fingerprint density at radius 1 is 1.36 bits per heavy atom. The molecule has 1 heterocycles. The molecule has 0 aliphatic heterocycles. The summed E-state index contributed by atoms with van der Waals surface area (Å²) in [5, 5.41) is 18.4. The molecule has 0 spiro atoms. The lowest BCUT2D eigenvalue weighted by molar-refractivity contribution is 0.468. The van der Waals surface area contributed by atoms with E-state index in [1.165, 1.54) is 12.1 Å². The number of nitriles is 1. The largest absolute Gasteiger partial charge is 0.507 e. The van der Waals surface area contributed by atoms with Crippen molar-refractivity contribution in [2.24, 2.45) is 0 Å². The highest BCUT2D eigenvalue weighted by Crippen LogP contribution is 2.22. The Hall–Kier alpha value is -2.28. The van der Waals surface area contributed by atoms with E-state index in [0.29, 0.717) is 10.9 Å². The summed E-state index contributed by atoms with van der Waals surface area (Å²) in [6.07, 6.45) is 0. The number of hydrogen-bond donors (Lipinski definition) is 1. The second-order valence-corrected chi connectivity index (χ2v) is 2.77. The van der Waals surface area contributed by atoms with Crippen LogP contribution in [0.2, 0.25) is 0 Å². The van der Waals surface area contributed by atoms with E-state index >= 15 is 0 Å². The monoisotopic (exact) mass is 187 g/mol. The number of aromatic hydroxyl groups is 1. The first-order chi connectivity index (χ1) is 6.70. The maximum absolute atomic E-state index is 10.9. The molecule has 0 aliphatic rings. The average Bonchev–Trinajstić information content (AvgIpc) is 2.16. The Balaban J connectivity index is 2.90. The maximum Gasteiger partial charge on any atom is 0.339 e. The molecule has 0 saturated heterocycles. The fourth-order valence-corrected chi connectivity index (χ4v) is 1.22. The van der Waals surface area contributed by atoms with E-state index in [-0.39, 0.29) is 11.3 Å². The first kappa shape index (κ1) is 8.32. The molecule has 0 saturated carbocycles. The molecule has 1 N–H and O–H groups in total. The van der Waals surface area contributed by atoms with Crippen LogP contribution in [-0.4, -0.2) is 5.11 Å². The summed E-state index contributed by atoms with van der Waals surface area (Å²) >= 11 is 0. The zero-order chi connectivity index (χ0) is 10.1. The first-order valence-corrected chi connectivity index (χ1v) is 3.87. The predicted molar refractivity (Wildman–Crippen MR) is 48.9 cm³/mol. The van der Waals surface area contributed by atoms with Crippen molar-refractivity contribution in [2.45, 2.75) is 0 Å². The molecule has 4 nitrogen and oxygen atoms in total. The molecule has 14 heavy (non-hydrogen) atoms. The topological polar surface area (TPSA) is 74.2 Å². The van der Waals surface area contributed by atoms with Crippen LogP contribution in [0.15, 0.2) is 33.5 Å². The lowest BCUT2D eigenvalue weighted by atomic mass is 10.1. The molecule has 0 aliphatic carbocycles. The Morgan fingerprint density at radius 3 is 2.86 bits per heavy atom. The highest BCUT2D eigenvalue weighted by molar-refractivity contribution is 5.83. The van der Waals surface area contributed by atoms with E-state index in [4.69, 9.17) is 9.68 Å². The van der Waals surface area contributed by atoms with Crippen LogP contribution >= 0.6 is 0 Å². The number of hydrogen-bond acceptors (Lipinski definition) is 4. The Bertz CT molecular complexity index is 592. The van der Waals surface area contributed by atoms with Gasteiger partial charge in [0.2, 0.25) is 0 Å². The molecule has 2 rings (SSSR count). The van der Waals surface area contributed by atoms with Gasteiger partial charge < -0.3 is 9.52 Å². The molecular weight excluding hydrogens is 182 g/mol. The third-order valence-electron chi connectivity index (χ3n) is 1.85.